The van der Waals surface area contributed by atoms with Gasteiger partial charge in [0.25, 0.3) is 0 Å². The lowest BCUT2D eigenvalue weighted by Crippen LogP contribution is -2.28. The predicted molar refractivity (Wildman–Crippen MR) is 274 cm³/mol. The van der Waals surface area contributed by atoms with Crippen LogP contribution in [0.3, 0.4) is 0 Å². The lowest BCUT2D eigenvalue weighted by atomic mass is 10.1. The fourth-order valence-corrected chi connectivity index (χ4v) is 6.44. The smallest absolute Gasteiger partial charge is 0.306 e. The van der Waals surface area contributed by atoms with Gasteiger partial charge in [-0.05, 0) is 96.3 Å². The van der Waals surface area contributed by atoms with Crippen LogP contribution in [-0.4, -0.2) is 36.4 Å². The van der Waals surface area contributed by atoms with Gasteiger partial charge in [0, 0.05) is 12.8 Å². The quantitative estimate of drug-likeness (QED) is 0.0375. The van der Waals surface area contributed by atoms with Crippen molar-refractivity contribution in [1.82, 2.24) is 0 Å². The second-order valence-electron chi connectivity index (χ2n) is 16.2. The number of hydrogen-bond donors (Lipinski definition) is 1. The van der Waals surface area contributed by atoms with Crippen LogP contribution in [0.4, 0.5) is 0 Å². The van der Waals surface area contributed by atoms with Crippen LogP contribution in [0.2, 0.25) is 0 Å². The van der Waals surface area contributed by atoms with E-state index in [-0.39, 0.29) is 25.2 Å². The van der Waals surface area contributed by atoms with Crippen molar-refractivity contribution in [1.29, 1.82) is 0 Å². The van der Waals surface area contributed by atoms with Gasteiger partial charge in [0.2, 0.25) is 0 Å². The molecule has 0 aromatic carbocycles. The number of unbranched alkanes of at least 4 members (excludes halogenated alkanes) is 14. The summed E-state index contributed by atoms with van der Waals surface area (Å²) in [7, 11) is 0. The Morgan fingerprint density at radius 3 is 1.03 bits per heavy atom. The minimum absolute atomic E-state index is 0.0760. The first kappa shape index (κ1) is 59.0. The predicted octanol–water partition coefficient (Wildman–Crippen LogP) is 16.9. The highest BCUT2D eigenvalue weighted by Gasteiger charge is 2.16. The van der Waals surface area contributed by atoms with E-state index in [1.165, 1.54) is 57.8 Å². The topological polar surface area (TPSA) is 72.8 Å². The van der Waals surface area contributed by atoms with Crippen molar-refractivity contribution < 1.29 is 24.2 Å². The lowest BCUT2D eigenvalue weighted by molar-refractivity contribution is -0.161. The molecule has 0 aromatic rings. The summed E-state index contributed by atoms with van der Waals surface area (Å²) in [6.07, 6.45) is 78.5. The molecule has 0 amide bonds. The third kappa shape index (κ3) is 50.6. The summed E-state index contributed by atoms with van der Waals surface area (Å²) in [5.41, 5.74) is 0. The zero-order chi connectivity index (χ0) is 45.6. The standard InChI is InChI=1S/C58H92O5/c1-3-5-7-9-11-13-14-15-16-17-18-19-20-21-22-23-24-25-26-27-28-29-30-31-32-33-34-35-36-37-38-39-40-41-42-43-44-45-47-49-51-53-58(61)63-56(54-59)55-62-57(60)52-50-48-46-12-10-8-6-4-2/h5,7,11,13,15-16,18-19,21-22,24-25,27-28,30-31,33-34,36-37,39-40,56,59H,3-4,6,8-10,12,14,17,20,23,26,29,32,35,38,41-55H2,1-2H3/b7-5-,13-11-,16-15-,19-18-,22-21-,25-24-,28-27-,31-30-,34-33-,37-36-,40-39-. The van der Waals surface area contributed by atoms with Crippen LogP contribution < -0.4 is 0 Å². The second-order valence-corrected chi connectivity index (χ2v) is 16.2. The minimum atomic E-state index is -0.782. The first-order valence-electron chi connectivity index (χ1n) is 25.2. The Morgan fingerprint density at radius 2 is 0.683 bits per heavy atom. The Labute approximate surface area is 387 Å². The number of aliphatic hydroxyl groups is 1. The Balaban J connectivity index is 3.63. The van der Waals surface area contributed by atoms with Crippen LogP contribution in [0.25, 0.3) is 0 Å². The van der Waals surface area contributed by atoms with E-state index in [1.807, 2.05) is 0 Å². The summed E-state index contributed by atoms with van der Waals surface area (Å²) < 4.78 is 10.6. The number of rotatable bonds is 44. The van der Waals surface area contributed by atoms with E-state index < -0.39 is 6.10 Å². The molecule has 0 aliphatic carbocycles. The zero-order valence-electron chi connectivity index (χ0n) is 40.3. The molecule has 0 saturated heterocycles. The summed E-state index contributed by atoms with van der Waals surface area (Å²) in [4.78, 5) is 24.2. The average molecular weight is 869 g/mol. The van der Waals surface area contributed by atoms with E-state index in [2.05, 4.69) is 148 Å². The molecule has 354 valence electrons. The summed E-state index contributed by atoms with van der Waals surface area (Å²) >= 11 is 0. The molecule has 0 saturated carbocycles. The van der Waals surface area contributed by atoms with Crippen LogP contribution in [0.5, 0.6) is 0 Å². The molecule has 5 nitrogen and oxygen atoms in total. The van der Waals surface area contributed by atoms with Crippen molar-refractivity contribution >= 4 is 11.9 Å². The van der Waals surface area contributed by atoms with Crippen molar-refractivity contribution in [3.8, 4) is 0 Å². The Hall–Kier alpha value is -3.96. The van der Waals surface area contributed by atoms with Gasteiger partial charge in [0.15, 0.2) is 6.10 Å². The van der Waals surface area contributed by atoms with Crippen molar-refractivity contribution in [2.75, 3.05) is 13.2 Å². The molecule has 63 heavy (non-hydrogen) atoms. The highest BCUT2D eigenvalue weighted by Crippen LogP contribution is 2.13. The van der Waals surface area contributed by atoms with Crippen LogP contribution >= 0.6 is 0 Å². The van der Waals surface area contributed by atoms with Gasteiger partial charge >= 0.3 is 11.9 Å². The van der Waals surface area contributed by atoms with Crippen LogP contribution in [0.1, 0.15) is 200 Å². The third-order valence-electron chi connectivity index (χ3n) is 10.2. The van der Waals surface area contributed by atoms with Gasteiger partial charge in [0.05, 0.1) is 6.61 Å². The number of carbonyl (C=O) groups excluding carboxylic acids is 2. The molecule has 0 rings (SSSR count). The molecule has 0 radical (unpaired) electrons. The Kier molecular flexibility index (Phi) is 49.1. The summed E-state index contributed by atoms with van der Waals surface area (Å²) in [5, 5.41) is 9.55. The number of allylic oxidation sites excluding steroid dienone is 22. The lowest BCUT2D eigenvalue weighted by Gasteiger charge is -2.15. The second kappa shape index (κ2) is 52.4. The molecule has 0 heterocycles. The molecule has 0 aliphatic rings. The largest absolute Gasteiger partial charge is 0.462 e. The van der Waals surface area contributed by atoms with E-state index >= 15 is 0 Å². The molecule has 1 atom stereocenters. The first-order chi connectivity index (χ1) is 31.1. The number of carbonyl (C=O) groups is 2. The Bertz CT molecular complexity index is 1350. The minimum Gasteiger partial charge on any atom is -0.462 e. The van der Waals surface area contributed by atoms with Crippen molar-refractivity contribution in [2.24, 2.45) is 0 Å². The molecule has 1 N–H and O–H groups in total. The first-order valence-corrected chi connectivity index (χ1v) is 25.2. The van der Waals surface area contributed by atoms with E-state index in [0.717, 1.165) is 116 Å². The van der Waals surface area contributed by atoms with E-state index in [1.54, 1.807) is 0 Å². The van der Waals surface area contributed by atoms with E-state index in [4.69, 9.17) is 9.47 Å². The van der Waals surface area contributed by atoms with Gasteiger partial charge in [-0.25, -0.2) is 0 Å². The van der Waals surface area contributed by atoms with Gasteiger partial charge in [-0.2, -0.15) is 0 Å². The highest BCUT2D eigenvalue weighted by molar-refractivity contribution is 5.70. The Morgan fingerprint density at radius 1 is 0.381 bits per heavy atom. The average Bonchev–Trinajstić information content (AvgIpc) is 3.29. The maximum absolute atomic E-state index is 12.2. The molecule has 1 unspecified atom stereocenters. The maximum Gasteiger partial charge on any atom is 0.306 e. The summed E-state index contributed by atoms with van der Waals surface area (Å²) in [5.74, 6) is -0.617. The van der Waals surface area contributed by atoms with Crippen LogP contribution in [-0.2, 0) is 19.1 Å². The number of aliphatic hydroxyl groups excluding tert-OH is 1. The monoisotopic (exact) mass is 869 g/mol. The van der Waals surface area contributed by atoms with Crippen LogP contribution in [0.15, 0.2) is 134 Å². The van der Waals surface area contributed by atoms with Gasteiger partial charge in [-0.3, -0.25) is 9.59 Å². The summed E-state index contributed by atoms with van der Waals surface area (Å²) in [6, 6.07) is 0. The van der Waals surface area contributed by atoms with E-state index in [9.17, 15) is 14.7 Å². The molecule has 0 spiro atoms. The fourth-order valence-electron chi connectivity index (χ4n) is 6.44. The van der Waals surface area contributed by atoms with Crippen molar-refractivity contribution in [2.45, 2.75) is 206 Å². The SMILES string of the molecule is CC/C=C\C/C=C\C/C=C\C/C=C\C/C=C\C/C=C\C/C=C\C/C=C\C/C=C\C/C=C\C/C=C\CCCCCCCCCC(=O)OC(CO)COC(=O)CCCCCCCCCC. The number of hydrogen-bond acceptors (Lipinski definition) is 5. The van der Waals surface area contributed by atoms with Crippen LogP contribution in [0, 0.1) is 0 Å². The summed E-state index contributed by atoms with van der Waals surface area (Å²) in [6.45, 7) is 3.96. The highest BCUT2D eigenvalue weighted by atomic mass is 16.6. The fraction of sp³-hybridized carbons (Fsp3) is 0.586. The number of esters is 2. The van der Waals surface area contributed by atoms with Gasteiger partial charge in [-0.1, -0.05) is 225 Å². The van der Waals surface area contributed by atoms with Crippen molar-refractivity contribution in [3.63, 3.8) is 0 Å². The molecular weight excluding hydrogens is 777 g/mol. The molecule has 5 heteroatoms. The molecular formula is C58H92O5. The van der Waals surface area contributed by atoms with Gasteiger partial charge < -0.3 is 14.6 Å². The third-order valence-corrected chi connectivity index (χ3v) is 10.2. The molecule has 0 aliphatic heterocycles. The van der Waals surface area contributed by atoms with E-state index in [0.29, 0.717) is 12.8 Å². The van der Waals surface area contributed by atoms with Crippen molar-refractivity contribution in [3.05, 3.63) is 134 Å². The maximum atomic E-state index is 12.2. The molecule has 0 bridgehead atoms. The van der Waals surface area contributed by atoms with Gasteiger partial charge in [0.1, 0.15) is 6.61 Å². The molecule has 0 aromatic heterocycles. The van der Waals surface area contributed by atoms with Gasteiger partial charge in [-0.15, -0.1) is 0 Å². The zero-order valence-corrected chi connectivity index (χ0v) is 40.3. The number of ether oxygens (including phenoxy) is 2. The normalized spacial score (nSPS) is 13.4. The molecule has 0 fully saturated rings.